The fraction of sp³-hybridized carbons (Fsp3) is 0.231. The maximum absolute atomic E-state index is 11.0. The first-order valence-corrected chi connectivity index (χ1v) is 4.99. The van der Waals surface area contributed by atoms with Gasteiger partial charge in [-0.25, -0.2) is 4.79 Å². The van der Waals surface area contributed by atoms with Gasteiger partial charge in [0, 0.05) is 0 Å². The molecule has 0 radical (unpaired) electrons. The minimum absolute atomic E-state index is 0.375. The Morgan fingerprint density at radius 1 is 1.38 bits per heavy atom. The summed E-state index contributed by atoms with van der Waals surface area (Å²) in [5.41, 5.74) is 3.70. The summed E-state index contributed by atoms with van der Waals surface area (Å²) in [4.78, 5) is 11.0. The van der Waals surface area contributed by atoms with E-state index in [4.69, 9.17) is 9.47 Å². The lowest BCUT2D eigenvalue weighted by atomic mass is 10.2. The predicted octanol–water partition coefficient (Wildman–Crippen LogP) is 2.43. The Labute approximate surface area is 95.0 Å². The number of benzene rings is 1. The Morgan fingerprint density at radius 2 is 2.06 bits per heavy atom. The van der Waals surface area contributed by atoms with Crippen molar-refractivity contribution in [3.05, 3.63) is 41.6 Å². The first-order valence-electron chi connectivity index (χ1n) is 4.99. The molecule has 0 aliphatic carbocycles. The van der Waals surface area contributed by atoms with Gasteiger partial charge in [-0.05, 0) is 30.7 Å². The molecule has 0 unspecified atom stereocenters. The van der Waals surface area contributed by atoms with E-state index in [1.807, 2.05) is 24.3 Å². The molecule has 16 heavy (non-hydrogen) atoms. The van der Waals surface area contributed by atoms with Crippen molar-refractivity contribution in [2.45, 2.75) is 6.92 Å². The van der Waals surface area contributed by atoms with E-state index in [1.165, 1.54) is 6.08 Å². The second-order valence-corrected chi connectivity index (χ2v) is 2.98. The van der Waals surface area contributed by atoms with Crippen LogP contribution in [0.2, 0.25) is 0 Å². The van der Waals surface area contributed by atoms with E-state index in [9.17, 15) is 4.79 Å². The molecule has 1 aromatic rings. The van der Waals surface area contributed by atoms with Crippen LogP contribution in [0.25, 0.3) is 6.08 Å². The van der Waals surface area contributed by atoms with Crippen molar-refractivity contribution in [2.75, 3.05) is 13.7 Å². The zero-order valence-corrected chi connectivity index (χ0v) is 9.40. The number of carbonyl (C=O) groups excluding carboxylic acids is 1. The summed E-state index contributed by atoms with van der Waals surface area (Å²) in [7, 11) is 1.62. The number of methoxy groups -OCH3 is 1. The van der Waals surface area contributed by atoms with Crippen molar-refractivity contribution < 1.29 is 14.3 Å². The fourth-order valence-corrected chi connectivity index (χ4v) is 1.09. The molecule has 0 atom stereocenters. The van der Waals surface area contributed by atoms with E-state index in [-0.39, 0.29) is 5.97 Å². The van der Waals surface area contributed by atoms with E-state index in [0.717, 1.165) is 11.3 Å². The lowest BCUT2D eigenvalue weighted by Gasteiger charge is -1.97. The summed E-state index contributed by atoms with van der Waals surface area (Å²) in [5, 5.41) is 0. The number of carbonyl (C=O) groups is 1. The third kappa shape index (κ3) is 4.03. The molecule has 0 aliphatic heterocycles. The fourth-order valence-electron chi connectivity index (χ4n) is 1.09. The van der Waals surface area contributed by atoms with Crippen LogP contribution in [0.5, 0.6) is 5.75 Å². The molecule has 3 nitrogen and oxygen atoms in total. The van der Waals surface area contributed by atoms with Gasteiger partial charge in [0.05, 0.1) is 19.8 Å². The van der Waals surface area contributed by atoms with E-state index in [0.29, 0.717) is 6.61 Å². The van der Waals surface area contributed by atoms with Crippen LogP contribution >= 0.6 is 0 Å². The monoisotopic (exact) mass is 218 g/mol. The number of esters is 1. The molecule has 0 fully saturated rings. The summed E-state index contributed by atoms with van der Waals surface area (Å²) in [6.45, 7) is 2.14. The molecule has 1 rings (SSSR count). The van der Waals surface area contributed by atoms with Gasteiger partial charge in [0.2, 0.25) is 0 Å². The van der Waals surface area contributed by atoms with E-state index >= 15 is 0 Å². The third-order valence-electron chi connectivity index (χ3n) is 1.85. The van der Waals surface area contributed by atoms with Gasteiger partial charge in [-0.1, -0.05) is 12.1 Å². The average molecular weight is 218 g/mol. The van der Waals surface area contributed by atoms with Crippen molar-refractivity contribution in [1.82, 2.24) is 0 Å². The molecule has 0 saturated carbocycles. The highest BCUT2D eigenvalue weighted by atomic mass is 16.5. The second-order valence-electron chi connectivity index (χ2n) is 2.98. The van der Waals surface area contributed by atoms with Gasteiger partial charge in [-0.3, -0.25) is 0 Å². The van der Waals surface area contributed by atoms with Gasteiger partial charge in [0.15, 0.2) is 0 Å². The summed E-state index contributed by atoms with van der Waals surface area (Å²) in [5.74, 6) is 0.416. The molecule has 0 aromatic heterocycles. The van der Waals surface area contributed by atoms with Crippen molar-refractivity contribution in [2.24, 2.45) is 0 Å². The largest absolute Gasteiger partial charge is 0.497 e. The van der Waals surface area contributed by atoms with E-state index in [2.05, 4.69) is 5.73 Å². The van der Waals surface area contributed by atoms with Crippen LogP contribution in [0.15, 0.2) is 36.1 Å². The number of ether oxygens (including phenoxy) is 2. The van der Waals surface area contributed by atoms with Gasteiger partial charge in [-0.2, -0.15) is 0 Å². The molecular formula is C13H14O3. The Balaban J connectivity index is 2.65. The highest BCUT2D eigenvalue weighted by molar-refractivity contribution is 5.82. The molecule has 0 bridgehead atoms. The summed E-state index contributed by atoms with van der Waals surface area (Å²) < 4.78 is 9.75. The summed E-state index contributed by atoms with van der Waals surface area (Å²) >= 11 is 0. The van der Waals surface area contributed by atoms with Crippen molar-refractivity contribution in [1.29, 1.82) is 0 Å². The lowest BCUT2D eigenvalue weighted by molar-refractivity contribution is -0.137. The van der Waals surface area contributed by atoms with Crippen LogP contribution < -0.4 is 4.74 Å². The molecule has 3 heteroatoms. The molecule has 84 valence electrons. The topological polar surface area (TPSA) is 35.5 Å². The standard InChI is InChI=1S/C13H14O3/c1-3-16-13(14)6-4-5-11-7-9-12(15-2)10-8-11/h5-10H,3H2,1-2H3. The van der Waals surface area contributed by atoms with E-state index in [1.54, 1.807) is 20.1 Å². The zero-order chi connectivity index (χ0) is 11.8. The molecule has 0 saturated heterocycles. The normalized spacial score (nSPS) is 8.88. The van der Waals surface area contributed by atoms with Crippen LogP contribution in [0, 0.1) is 0 Å². The first kappa shape index (κ1) is 12.1. The van der Waals surface area contributed by atoms with Crippen LogP contribution in [0.3, 0.4) is 0 Å². The van der Waals surface area contributed by atoms with Crippen molar-refractivity contribution >= 4 is 12.0 Å². The highest BCUT2D eigenvalue weighted by Gasteiger charge is 1.91. The predicted molar refractivity (Wildman–Crippen MR) is 62.2 cm³/mol. The van der Waals surface area contributed by atoms with Gasteiger partial charge >= 0.3 is 5.97 Å². The SMILES string of the molecule is CCOC(=O)C=C=Cc1ccc(OC)cc1. The van der Waals surface area contributed by atoms with Crippen LogP contribution in [-0.2, 0) is 9.53 Å². The van der Waals surface area contributed by atoms with Gasteiger partial charge < -0.3 is 9.47 Å². The molecule has 0 N–H and O–H groups in total. The van der Waals surface area contributed by atoms with Crippen molar-refractivity contribution in [3.63, 3.8) is 0 Å². The molecular weight excluding hydrogens is 204 g/mol. The van der Waals surface area contributed by atoms with Gasteiger partial charge in [0.1, 0.15) is 5.75 Å². The third-order valence-corrected chi connectivity index (χ3v) is 1.85. The Hall–Kier alpha value is -1.99. The van der Waals surface area contributed by atoms with Gasteiger partial charge in [0.25, 0.3) is 0 Å². The Bertz CT molecular complexity index is 398. The minimum Gasteiger partial charge on any atom is -0.497 e. The average Bonchev–Trinajstić information content (AvgIpc) is 2.30. The molecule has 0 amide bonds. The maximum Gasteiger partial charge on any atom is 0.338 e. The van der Waals surface area contributed by atoms with Crippen LogP contribution in [0.4, 0.5) is 0 Å². The molecule has 1 aromatic carbocycles. The Morgan fingerprint density at radius 3 is 2.62 bits per heavy atom. The van der Waals surface area contributed by atoms with Crippen LogP contribution in [0.1, 0.15) is 12.5 Å². The quantitative estimate of drug-likeness (QED) is 0.442. The number of hydrogen-bond acceptors (Lipinski definition) is 3. The van der Waals surface area contributed by atoms with Gasteiger partial charge in [-0.15, -0.1) is 5.73 Å². The van der Waals surface area contributed by atoms with Crippen molar-refractivity contribution in [3.8, 4) is 5.75 Å². The Kier molecular flexibility index (Phi) is 4.90. The number of rotatable bonds is 4. The van der Waals surface area contributed by atoms with E-state index < -0.39 is 0 Å². The van der Waals surface area contributed by atoms with Crippen LogP contribution in [-0.4, -0.2) is 19.7 Å². The first-order chi connectivity index (χ1) is 7.76. The number of hydrogen-bond donors (Lipinski definition) is 0. The molecule has 0 spiro atoms. The smallest absolute Gasteiger partial charge is 0.338 e. The second kappa shape index (κ2) is 6.49. The summed E-state index contributed by atoms with van der Waals surface area (Å²) in [6.07, 6.45) is 2.98. The zero-order valence-electron chi connectivity index (χ0n) is 9.40. The highest BCUT2D eigenvalue weighted by Crippen LogP contribution is 2.11. The maximum atomic E-state index is 11.0. The summed E-state index contributed by atoms with van der Waals surface area (Å²) in [6, 6.07) is 7.45. The molecule has 0 aliphatic rings. The minimum atomic E-state index is -0.382. The lowest BCUT2D eigenvalue weighted by Crippen LogP contribution is -1.97. The molecule has 0 heterocycles.